The van der Waals surface area contributed by atoms with E-state index in [2.05, 4.69) is 20.8 Å². The second-order valence-electron chi connectivity index (χ2n) is 5.95. The Balaban J connectivity index is 1.55. The highest BCUT2D eigenvalue weighted by molar-refractivity contribution is 9.10. The van der Waals surface area contributed by atoms with Crippen molar-refractivity contribution in [3.05, 3.63) is 34.1 Å². The van der Waals surface area contributed by atoms with Gasteiger partial charge in [0.2, 0.25) is 0 Å². The molecule has 1 unspecified atom stereocenters. The van der Waals surface area contributed by atoms with E-state index in [1.165, 1.54) is 12.1 Å². The van der Waals surface area contributed by atoms with Crippen molar-refractivity contribution >= 4 is 21.8 Å². The number of benzene rings is 1. The Morgan fingerprint density at radius 2 is 2.09 bits per heavy atom. The van der Waals surface area contributed by atoms with Crippen LogP contribution in [0.4, 0.5) is 4.39 Å². The Morgan fingerprint density at radius 3 is 2.73 bits per heavy atom. The maximum absolute atomic E-state index is 13.1. The topological polar surface area (TPSA) is 32.8 Å². The van der Waals surface area contributed by atoms with Crippen LogP contribution in [0.3, 0.4) is 0 Å². The lowest BCUT2D eigenvalue weighted by Gasteiger charge is -2.35. The van der Waals surface area contributed by atoms with Gasteiger partial charge in [-0.2, -0.15) is 0 Å². The number of ether oxygens (including phenoxy) is 1. The fourth-order valence-corrected chi connectivity index (χ4v) is 3.58. The fraction of sp³-hybridized carbons (Fsp3) is 0.562. The Kier molecular flexibility index (Phi) is 5.10. The predicted molar refractivity (Wildman–Crippen MR) is 85.4 cm³/mol. The van der Waals surface area contributed by atoms with Gasteiger partial charge in [0.25, 0.3) is 5.91 Å². The highest BCUT2D eigenvalue weighted by atomic mass is 79.9. The molecule has 2 saturated heterocycles. The molecular formula is C16H20BrFN2O2. The third-order valence-corrected chi connectivity index (χ3v) is 5.02. The third kappa shape index (κ3) is 3.67. The van der Waals surface area contributed by atoms with E-state index < -0.39 is 0 Å². The van der Waals surface area contributed by atoms with Crippen molar-refractivity contribution in [3.63, 3.8) is 0 Å². The number of carbonyl (C=O) groups excluding carboxylic acids is 1. The summed E-state index contributed by atoms with van der Waals surface area (Å²) in [5.74, 6) is 0.260. The molecule has 0 radical (unpaired) electrons. The molecule has 6 heteroatoms. The van der Waals surface area contributed by atoms with Gasteiger partial charge in [-0.15, -0.1) is 0 Å². The first-order chi connectivity index (χ1) is 10.6. The molecule has 1 atom stereocenters. The zero-order chi connectivity index (χ0) is 15.5. The van der Waals surface area contributed by atoms with Gasteiger partial charge in [-0.1, -0.05) is 0 Å². The quantitative estimate of drug-likeness (QED) is 0.818. The monoisotopic (exact) mass is 370 g/mol. The summed E-state index contributed by atoms with van der Waals surface area (Å²) >= 11 is 3.27. The maximum Gasteiger partial charge on any atom is 0.255 e. The van der Waals surface area contributed by atoms with Crippen LogP contribution in [0, 0.1) is 11.7 Å². The first kappa shape index (κ1) is 15.9. The Labute approximate surface area is 138 Å². The van der Waals surface area contributed by atoms with Gasteiger partial charge in [-0.25, -0.2) is 4.39 Å². The van der Waals surface area contributed by atoms with Crippen molar-refractivity contribution < 1.29 is 13.9 Å². The summed E-state index contributed by atoms with van der Waals surface area (Å²) in [4.78, 5) is 16.8. The van der Waals surface area contributed by atoms with Crippen LogP contribution < -0.4 is 0 Å². The van der Waals surface area contributed by atoms with Gasteiger partial charge < -0.3 is 9.64 Å². The first-order valence-electron chi connectivity index (χ1n) is 7.68. The first-order valence-corrected chi connectivity index (χ1v) is 8.47. The minimum Gasteiger partial charge on any atom is -0.381 e. The lowest BCUT2D eigenvalue weighted by atomic mass is 10.1. The summed E-state index contributed by atoms with van der Waals surface area (Å²) in [6, 6.07) is 4.21. The van der Waals surface area contributed by atoms with E-state index in [4.69, 9.17) is 4.74 Å². The number of hydrogen-bond donors (Lipinski definition) is 0. The number of halogens is 2. The zero-order valence-electron chi connectivity index (χ0n) is 12.4. The number of piperazine rings is 1. The molecule has 2 heterocycles. The van der Waals surface area contributed by atoms with E-state index in [9.17, 15) is 9.18 Å². The van der Waals surface area contributed by atoms with E-state index in [0.717, 1.165) is 52.4 Å². The molecule has 0 N–H and O–H groups in total. The van der Waals surface area contributed by atoms with Gasteiger partial charge >= 0.3 is 0 Å². The second-order valence-corrected chi connectivity index (χ2v) is 6.80. The van der Waals surface area contributed by atoms with Crippen LogP contribution in [0.5, 0.6) is 0 Å². The SMILES string of the molecule is O=C(c1ccc(F)cc1Br)N1CCN(CC2CCOC2)CC1. The molecule has 1 aromatic rings. The van der Waals surface area contributed by atoms with Crippen molar-refractivity contribution in [2.24, 2.45) is 5.92 Å². The van der Waals surface area contributed by atoms with E-state index in [1.54, 1.807) is 6.07 Å². The summed E-state index contributed by atoms with van der Waals surface area (Å²) in [6.45, 7) is 6.01. The maximum atomic E-state index is 13.1. The summed E-state index contributed by atoms with van der Waals surface area (Å²) < 4.78 is 19.1. The van der Waals surface area contributed by atoms with Gasteiger partial charge in [0, 0.05) is 43.8 Å². The van der Waals surface area contributed by atoms with E-state index in [-0.39, 0.29) is 11.7 Å². The third-order valence-electron chi connectivity index (χ3n) is 4.36. The number of rotatable bonds is 3. The zero-order valence-corrected chi connectivity index (χ0v) is 14.0. The molecule has 1 aromatic carbocycles. The molecule has 3 rings (SSSR count). The van der Waals surface area contributed by atoms with Crippen LogP contribution in [0.1, 0.15) is 16.8 Å². The van der Waals surface area contributed by atoms with Crippen molar-refractivity contribution in [1.82, 2.24) is 9.80 Å². The highest BCUT2D eigenvalue weighted by Crippen LogP contribution is 2.21. The van der Waals surface area contributed by atoms with Crippen molar-refractivity contribution in [2.75, 3.05) is 45.9 Å². The molecule has 120 valence electrons. The molecular weight excluding hydrogens is 351 g/mol. The minimum atomic E-state index is -0.341. The Morgan fingerprint density at radius 1 is 1.32 bits per heavy atom. The summed E-state index contributed by atoms with van der Waals surface area (Å²) in [7, 11) is 0. The van der Waals surface area contributed by atoms with Crippen LogP contribution in [-0.4, -0.2) is 61.6 Å². The molecule has 0 bridgehead atoms. The number of hydrogen-bond acceptors (Lipinski definition) is 3. The van der Waals surface area contributed by atoms with E-state index >= 15 is 0 Å². The smallest absolute Gasteiger partial charge is 0.255 e. The average molecular weight is 371 g/mol. The molecule has 0 aromatic heterocycles. The second kappa shape index (κ2) is 7.06. The number of nitrogens with zero attached hydrogens (tertiary/aromatic N) is 2. The van der Waals surface area contributed by atoms with E-state index in [1.807, 2.05) is 4.90 Å². The minimum absolute atomic E-state index is 0.0317. The van der Waals surface area contributed by atoms with Gasteiger partial charge in [-0.3, -0.25) is 9.69 Å². The van der Waals surface area contributed by atoms with Gasteiger partial charge in [0.05, 0.1) is 12.2 Å². The van der Waals surface area contributed by atoms with Crippen LogP contribution >= 0.6 is 15.9 Å². The summed E-state index contributed by atoms with van der Waals surface area (Å²) in [6.07, 6.45) is 1.14. The number of amides is 1. The molecule has 1 amide bonds. The van der Waals surface area contributed by atoms with Gasteiger partial charge in [0.15, 0.2) is 0 Å². The Hall–Kier alpha value is -0.980. The molecule has 0 spiro atoms. The van der Waals surface area contributed by atoms with Crippen LogP contribution in [0.15, 0.2) is 22.7 Å². The van der Waals surface area contributed by atoms with Crippen molar-refractivity contribution in [1.29, 1.82) is 0 Å². The molecule has 2 aliphatic rings. The molecule has 4 nitrogen and oxygen atoms in total. The molecule has 2 aliphatic heterocycles. The normalized spacial score (nSPS) is 23.0. The molecule has 0 aliphatic carbocycles. The molecule has 0 saturated carbocycles. The van der Waals surface area contributed by atoms with Gasteiger partial charge in [-0.05, 0) is 46.5 Å². The van der Waals surface area contributed by atoms with Crippen LogP contribution in [0.2, 0.25) is 0 Å². The Bertz CT molecular complexity index is 541. The van der Waals surface area contributed by atoms with Gasteiger partial charge in [0.1, 0.15) is 5.82 Å². The van der Waals surface area contributed by atoms with E-state index in [0.29, 0.717) is 16.0 Å². The summed E-state index contributed by atoms with van der Waals surface area (Å²) in [5.41, 5.74) is 0.527. The highest BCUT2D eigenvalue weighted by Gasteiger charge is 2.26. The van der Waals surface area contributed by atoms with Crippen LogP contribution in [0.25, 0.3) is 0 Å². The standard InChI is InChI=1S/C16H20BrFN2O2/c17-15-9-13(18)1-2-14(15)16(21)20-6-4-19(5-7-20)10-12-3-8-22-11-12/h1-2,9,12H,3-8,10-11H2. The molecule has 22 heavy (non-hydrogen) atoms. The fourth-order valence-electron chi connectivity index (χ4n) is 3.06. The number of carbonyl (C=O) groups is 1. The van der Waals surface area contributed by atoms with Crippen molar-refractivity contribution in [2.45, 2.75) is 6.42 Å². The average Bonchev–Trinajstić information content (AvgIpc) is 3.00. The molecule has 2 fully saturated rings. The largest absolute Gasteiger partial charge is 0.381 e. The van der Waals surface area contributed by atoms with Crippen LogP contribution in [-0.2, 0) is 4.74 Å². The lowest BCUT2D eigenvalue weighted by Crippen LogP contribution is -2.49. The van der Waals surface area contributed by atoms with Crippen molar-refractivity contribution in [3.8, 4) is 0 Å². The lowest BCUT2D eigenvalue weighted by molar-refractivity contribution is 0.0610. The predicted octanol–water partition coefficient (Wildman–Crippen LogP) is 2.38. The summed E-state index contributed by atoms with van der Waals surface area (Å²) in [5, 5.41) is 0.